The molecule has 2 nitrogen and oxygen atoms in total. The van der Waals surface area contributed by atoms with Crippen LogP contribution in [0, 0.1) is 0 Å². The van der Waals surface area contributed by atoms with Crippen molar-refractivity contribution in [2.75, 3.05) is 6.61 Å². The van der Waals surface area contributed by atoms with Gasteiger partial charge in [0.2, 0.25) is 0 Å². The molecule has 0 heterocycles. The highest BCUT2D eigenvalue weighted by Crippen LogP contribution is 2.47. The molecular formula is C14H14ClO2PS. The van der Waals surface area contributed by atoms with Gasteiger partial charge in [0.1, 0.15) is 5.75 Å². The second-order valence-electron chi connectivity index (χ2n) is 3.80. The Morgan fingerprint density at radius 1 is 1.05 bits per heavy atom. The molecule has 0 spiro atoms. The summed E-state index contributed by atoms with van der Waals surface area (Å²) in [6.07, 6.45) is 0. The van der Waals surface area contributed by atoms with Crippen LogP contribution in [0.3, 0.4) is 0 Å². The van der Waals surface area contributed by atoms with Gasteiger partial charge < -0.3 is 9.05 Å². The lowest BCUT2D eigenvalue weighted by Crippen LogP contribution is -2.11. The van der Waals surface area contributed by atoms with Crippen molar-refractivity contribution in [3.8, 4) is 5.75 Å². The number of rotatable bonds is 5. The molecule has 0 aromatic heterocycles. The quantitative estimate of drug-likeness (QED) is 0.763. The molecule has 1 atom stereocenters. The topological polar surface area (TPSA) is 18.5 Å². The molecule has 2 aromatic carbocycles. The molecule has 0 saturated carbocycles. The van der Waals surface area contributed by atoms with Crippen molar-refractivity contribution in [3.63, 3.8) is 0 Å². The van der Waals surface area contributed by atoms with Crippen LogP contribution in [-0.4, -0.2) is 6.61 Å². The molecule has 0 fully saturated rings. The van der Waals surface area contributed by atoms with Crippen LogP contribution in [0.25, 0.3) is 0 Å². The van der Waals surface area contributed by atoms with Crippen LogP contribution in [0.1, 0.15) is 6.92 Å². The number of halogens is 1. The van der Waals surface area contributed by atoms with Crippen molar-refractivity contribution in [1.82, 2.24) is 0 Å². The summed E-state index contributed by atoms with van der Waals surface area (Å²) >= 11 is 11.5. The lowest BCUT2D eigenvalue weighted by atomic mass is 10.3. The van der Waals surface area contributed by atoms with Gasteiger partial charge in [0.15, 0.2) is 0 Å². The van der Waals surface area contributed by atoms with Crippen LogP contribution >= 0.6 is 18.1 Å². The van der Waals surface area contributed by atoms with Gasteiger partial charge in [-0.1, -0.05) is 29.8 Å². The minimum Gasteiger partial charge on any atom is -0.440 e. The third-order valence-corrected chi connectivity index (χ3v) is 5.81. The molecule has 0 aliphatic carbocycles. The first-order chi connectivity index (χ1) is 9.14. The van der Waals surface area contributed by atoms with Crippen LogP contribution in [0.5, 0.6) is 5.75 Å². The monoisotopic (exact) mass is 312 g/mol. The minimum atomic E-state index is -2.52. The molecule has 1 unspecified atom stereocenters. The molecule has 0 N–H and O–H groups in total. The summed E-state index contributed by atoms with van der Waals surface area (Å²) in [7, 11) is 0. The Morgan fingerprint density at radius 2 is 1.68 bits per heavy atom. The third-order valence-electron chi connectivity index (χ3n) is 2.41. The summed E-state index contributed by atoms with van der Waals surface area (Å²) in [5.41, 5.74) is 0. The predicted molar refractivity (Wildman–Crippen MR) is 84.1 cm³/mol. The van der Waals surface area contributed by atoms with E-state index in [9.17, 15) is 0 Å². The molecule has 100 valence electrons. The molecule has 0 aliphatic heterocycles. The number of benzene rings is 2. The molecule has 0 amide bonds. The fraction of sp³-hybridized carbons (Fsp3) is 0.143. The lowest BCUT2D eigenvalue weighted by molar-refractivity contribution is 0.339. The highest BCUT2D eigenvalue weighted by molar-refractivity contribution is 8.13. The van der Waals surface area contributed by atoms with E-state index in [1.54, 1.807) is 24.3 Å². The molecule has 0 saturated heterocycles. The number of hydrogen-bond acceptors (Lipinski definition) is 3. The Hall–Kier alpha value is -0.860. The highest BCUT2D eigenvalue weighted by Gasteiger charge is 2.22. The lowest BCUT2D eigenvalue weighted by Gasteiger charge is -2.22. The maximum Gasteiger partial charge on any atom is 0.269 e. The maximum absolute atomic E-state index is 5.93. The average molecular weight is 313 g/mol. The Kier molecular flexibility index (Phi) is 5.00. The Balaban J connectivity index is 2.30. The molecule has 2 rings (SSSR count). The Labute approximate surface area is 123 Å². The van der Waals surface area contributed by atoms with Crippen molar-refractivity contribution < 1.29 is 9.05 Å². The Bertz CT molecular complexity index is 572. The van der Waals surface area contributed by atoms with Gasteiger partial charge in [0, 0.05) is 10.3 Å². The van der Waals surface area contributed by atoms with Gasteiger partial charge in [-0.25, -0.2) is 0 Å². The normalized spacial score (nSPS) is 13.8. The zero-order valence-corrected chi connectivity index (χ0v) is 12.9. The molecule has 0 aliphatic rings. The number of hydrogen-bond donors (Lipinski definition) is 0. The van der Waals surface area contributed by atoms with Crippen LogP contribution in [0.2, 0.25) is 5.02 Å². The van der Waals surface area contributed by atoms with Gasteiger partial charge in [0.25, 0.3) is 6.49 Å². The molecule has 0 bridgehead atoms. The zero-order valence-electron chi connectivity index (χ0n) is 10.5. The Morgan fingerprint density at radius 3 is 2.26 bits per heavy atom. The van der Waals surface area contributed by atoms with Crippen LogP contribution in [-0.2, 0) is 16.3 Å². The summed E-state index contributed by atoms with van der Waals surface area (Å²) in [5.74, 6) is 0.671. The van der Waals surface area contributed by atoms with Gasteiger partial charge in [0.05, 0.1) is 6.61 Å². The third kappa shape index (κ3) is 3.80. The average Bonchev–Trinajstić information content (AvgIpc) is 2.43. The maximum atomic E-state index is 5.93. The van der Waals surface area contributed by atoms with E-state index in [4.69, 9.17) is 32.5 Å². The van der Waals surface area contributed by atoms with E-state index in [0.717, 1.165) is 5.30 Å². The van der Waals surface area contributed by atoms with Crippen molar-refractivity contribution in [2.45, 2.75) is 6.92 Å². The first kappa shape index (κ1) is 14.5. The van der Waals surface area contributed by atoms with Crippen LogP contribution in [0.15, 0.2) is 54.6 Å². The van der Waals surface area contributed by atoms with Gasteiger partial charge in [-0.2, -0.15) is 0 Å². The van der Waals surface area contributed by atoms with Gasteiger partial charge in [-0.05, 0) is 55.1 Å². The summed E-state index contributed by atoms with van der Waals surface area (Å²) in [4.78, 5) is 0. The first-order valence-corrected chi connectivity index (χ1v) is 8.91. The largest absolute Gasteiger partial charge is 0.440 e. The second kappa shape index (κ2) is 6.53. The van der Waals surface area contributed by atoms with Gasteiger partial charge in [-0.15, -0.1) is 0 Å². The summed E-state index contributed by atoms with van der Waals surface area (Å²) in [6, 6.07) is 16.8. The van der Waals surface area contributed by atoms with Crippen LogP contribution < -0.4 is 9.83 Å². The van der Waals surface area contributed by atoms with Gasteiger partial charge in [-0.3, -0.25) is 0 Å². The molecule has 2 aromatic rings. The smallest absolute Gasteiger partial charge is 0.269 e. The van der Waals surface area contributed by atoms with Gasteiger partial charge >= 0.3 is 0 Å². The first-order valence-electron chi connectivity index (χ1n) is 5.89. The molecule has 0 radical (unpaired) electrons. The van der Waals surface area contributed by atoms with E-state index < -0.39 is 6.49 Å². The molecule has 19 heavy (non-hydrogen) atoms. The highest BCUT2D eigenvalue weighted by atomic mass is 35.5. The SMILES string of the molecule is CCOP(=S)(Oc1ccc(Cl)cc1)c1ccccc1. The van der Waals surface area contributed by atoms with E-state index in [0.29, 0.717) is 17.4 Å². The summed E-state index contributed by atoms with van der Waals surface area (Å²) in [5, 5.41) is 1.57. The molecular weight excluding hydrogens is 299 g/mol. The second-order valence-corrected chi connectivity index (χ2v) is 7.63. The van der Waals surface area contributed by atoms with Crippen LogP contribution in [0.4, 0.5) is 0 Å². The van der Waals surface area contributed by atoms with E-state index in [-0.39, 0.29) is 0 Å². The van der Waals surface area contributed by atoms with Crippen molar-refractivity contribution in [2.24, 2.45) is 0 Å². The minimum absolute atomic E-state index is 0.514. The summed E-state index contributed by atoms with van der Waals surface area (Å²) in [6.45, 7) is -0.0929. The van der Waals surface area contributed by atoms with Crippen molar-refractivity contribution in [1.29, 1.82) is 0 Å². The molecule has 5 heteroatoms. The summed E-state index contributed by atoms with van der Waals surface area (Å²) < 4.78 is 11.6. The fourth-order valence-corrected chi connectivity index (χ4v) is 4.22. The van der Waals surface area contributed by atoms with E-state index >= 15 is 0 Å². The van der Waals surface area contributed by atoms with E-state index in [2.05, 4.69) is 0 Å². The van der Waals surface area contributed by atoms with E-state index in [1.165, 1.54) is 0 Å². The standard InChI is InChI=1S/C14H14ClO2PS/c1-2-16-18(19,14-6-4-3-5-7-14)17-13-10-8-12(15)9-11-13/h3-11H,2H2,1H3. The zero-order chi connectivity index (χ0) is 13.7. The van der Waals surface area contributed by atoms with Crippen molar-refractivity contribution in [3.05, 3.63) is 59.6 Å². The van der Waals surface area contributed by atoms with Crippen molar-refractivity contribution >= 4 is 35.2 Å². The van der Waals surface area contributed by atoms with E-state index in [1.807, 2.05) is 37.3 Å². The predicted octanol–water partition coefficient (Wildman–Crippen LogP) is 4.39. The fourth-order valence-electron chi connectivity index (χ4n) is 1.57.